The Balaban J connectivity index is 3.03. The average Bonchev–Trinajstić information content (AvgIpc) is 2.38. The van der Waals surface area contributed by atoms with Gasteiger partial charge in [0.2, 0.25) is 10.0 Å². The first-order valence-corrected chi connectivity index (χ1v) is 7.90. The summed E-state index contributed by atoms with van der Waals surface area (Å²) in [5, 5.41) is 17.9. The second kappa shape index (κ2) is 6.70. The van der Waals surface area contributed by atoms with E-state index in [2.05, 4.69) is 4.72 Å². The molecular weight excluding hydrogens is 292 g/mol. The molecule has 0 spiro atoms. The minimum atomic E-state index is -3.85. The zero-order valence-corrected chi connectivity index (χ0v) is 12.9. The second-order valence-electron chi connectivity index (χ2n) is 5.13. The van der Waals surface area contributed by atoms with Crippen LogP contribution in [0.1, 0.15) is 25.0 Å². The summed E-state index contributed by atoms with van der Waals surface area (Å²) in [4.78, 5) is 11.1. The van der Waals surface area contributed by atoms with Crippen molar-refractivity contribution in [2.75, 3.05) is 6.54 Å². The topological polar surface area (TPSA) is 107 Å². The highest BCUT2D eigenvalue weighted by Gasteiger charge is 2.25. The zero-order valence-electron chi connectivity index (χ0n) is 12.1. The van der Waals surface area contributed by atoms with Crippen molar-refractivity contribution in [3.63, 3.8) is 0 Å². The van der Waals surface area contributed by atoms with Crippen molar-refractivity contribution < 1.29 is 18.3 Å². The largest absolute Gasteiger partial charge is 0.481 e. The van der Waals surface area contributed by atoms with Gasteiger partial charge in [-0.2, -0.15) is 5.26 Å². The second-order valence-corrected chi connectivity index (χ2v) is 6.87. The SMILES string of the molecule is Cc1ccc(C#N)cc1S(=O)(=O)NCC(C(=O)O)C(C)C. The van der Waals surface area contributed by atoms with Crippen molar-refractivity contribution in [3.05, 3.63) is 29.3 Å². The third-order valence-electron chi connectivity index (χ3n) is 3.22. The highest BCUT2D eigenvalue weighted by atomic mass is 32.2. The Morgan fingerprint density at radius 2 is 2.05 bits per heavy atom. The standard InChI is InChI=1S/C14H18N2O4S/c1-9(2)12(14(17)18)8-16-21(19,20)13-6-11(7-15)5-4-10(13)3/h4-6,9,12,16H,8H2,1-3H3,(H,17,18). The van der Waals surface area contributed by atoms with E-state index in [1.54, 1.807) is 26.8 Å². The highest BCUT2D eigenvalue weighted by Crippen LogP contribution is 2.18. The summed E-state index contributed by atoms with van der Waals surface area (Å²) >= 11 is 0. The molecule has 1 aromatic rings. The van der Waals surface area contributed by atoms with Crippen molar-refractivity contribution in [2.45, 2.75) is 25.7 Å². The average molecular weight is 310 g/mol. The van der Waals surface area contributed by atoms with Crippen molar-refractivity contribution in [1.29, 1.82) is 5.26 Å². The Hall–Kier alpha value is -1.91. The summed E-state index contributed by atoms with van der Waals surface area (Å²) in [6.45, 7) is 4.86. The van der Waals surface area contributed by atoms with Crippen LogP contribution in [0.4, 0.5) is 0 Å². The van der Waals surface area contributed by atoms with Gasteiger partial charge in [-0.25, -0.2) is 13.1 Å². The van der Waals surface area contributed by atoms with Crippen LogP contribution in [0.5, 0.6) is 0 Å². The number of carboxylic acid groups (broad SMARTS) is 1. The first kappa shape index (κ1) is 17.1. The molecule has 0 aliphatic heterocycles. The number of hydrogen-bond donors (Lipinski definition) is 2. The van der Waals surface area contributed by atoms with Crippen molar-refractivity contribution in [2.24, 2.45) is 11.8 Å². The van der Waals surface area contributed by atoms with Crippen LogP contribution in [-0.4, -0.2) is 26.0 Å². The van der Waals surface area contributed by atoms with Crippen LogP contribution in [0.15, 0.2) is 23.1 Å². The minimum absolute atomic E-state index is 0.00514. The van der Waals surface area contributed by atoms with Gasteiger partial charge in [-0.05, 0) is 30.5 Å². The van der Waals surface area contributed by atoms with Gasteiger partial charge in [0.1, 0.15) is 0 Å². The molecular formula is C14H18N2O4S. The molecule has 2 N–H and O–H groups in total. The number of aliphatic carboxylic acids is 1. The summed E-state index contributed by atoms with van der Waals surface area (Å²) in [6, 6.07) is 6.24. The molecule has 1 atom stereocenters. The predicted octanol–water partition coefficient (Wildman–Crippen LogP) is 1.50. The van der Waals surface area contributed by atoms with E-state index in [4.69, 9.17) is 10.4 Å². The minimum Gasteiger partial charge on any atom is -0.481 e. The maximum absolute atomic E-state index is 12.3. The van der Waals surface area contributed by atoms with Gasteiger partial charge in [0.15, 0.2) is 0 Å². The molecule has 114 valence electrons. The molecule has 0 aliphatic rings. The Bertz CT molecular complexity index is 675. The lowest BCUT2D eigenvalue weighted by molar-refractivity contribution is -0.142. The maximum Gasteiger partial charge on any atom is 0.308 e. The summed E-state index contributed by atoms with van der Waals surface area (Å²) in [5.74, 6) is -2.05. The Morgan fingerprint density at radius 1 is 1.43 bits per heavy atom. The summed E-state index contributed by atoms with van der Waals surface area (Å²) in [5.41, 5.74) is 0.734. The number of sulfonamides is 1. The van der Waals surface area contributed by atoms with Crippen LogP contribution >= 0.6 is 0 Å². The van der Waals surface area contributed by atoms with E-state index in [0.29, 0.717) is 5.56 Å². The van der Waals surface area contributed by atoms with E-state index in [1.165, 1.54) is 12.1 Å². The van der Waals surface area contributed by atoms with E-state index < -0.39 is 21.9 Å². The molecule has 0 saturated carbocycles. The van der Waals surface area contributed by atoms with E-state index >= 15 is 0 Å². The molecule has 1 rings (SSSR count). The number of nitrogens with zero attached hydrogens (tertiary/aromatic N) is 1. The molecule has 6 nitrogen and oxygen atoms in total. The lowest BCUT2D eigenvalue weighted by atomic mass is 9.97. The first-order valence-electron chi connectivity index (χ1n) is 6.42. The Labute approximate surface area is 124 Å². The van der Waals surface area contributed by atoms with Gasteiger partial charge in [0.05, 0.1) is 22.4 Å². The molecule has 21 heavy (non-hydrogen) atoms. The summed E-state index contributed by atoms with van der Waals surface area (Å²) in [6.07, 6.45) is 0. The van der Waals surface area contributed by atoms with Crippen LogP contribution in [0.3, 0.4) is 0 Å². The van der Waals surface area contributed by atoms with E-state index in [0.717, 1.165) is 0 Å². The third-order valence-corrected chi connectivity index (χ3v) is 4.79. The lowest BCUT2D eigenvalue weighted by Crippen LogP contribution is -2.35. The zero-order chi connectivity index (χ0) is 16.2. The maximum atomic E-state index is 12.3. The highest BCUT2D eigenvalue weighted by molar-refractivity contribution is 7.89. The molecule has 0 heterocycles. The number of benzene rings is 1. The van der Waals surface area contributed by atoms with Gasteiger partial charge < -0.3 is 5.11 Å². The number of aryl methyl sites for hydroxylation is 1. The smallest absolute Gasteiger partial charge is 0.308 e. The van der Waals surface area contributed by atoms with E-state index in [-0.39, 0.29) is 22.9 Å². The van der Waals surface area contributed by atoms with Gasteiger partial charge >= 0.3 is 5.97 Å². The quantitative estimate of drug-likeness (QED) is 0.828. The molecule has 0 radical (unpaired) electrons. The molecule has 1 unspecified atom stereocenters. The first-order chi connectivity index (χ1) is 9.69. The fourth-order valence-electron chi connectivity index (χ4n) is 1.84. The van der Waals surface area contributed by atoms with Gasteiger partial charge in [-0.1, -0.05) is 19.9 Å². The Morgan fingerprint density at radius 3 is 2.52 bits per heavy atom. The molecule has 0 fully saturated rings. The number of carbonyl (C=O) groups is 1. The van der Waals surface area contributed by atoms with Crippen molar-refractivity contribution >= 4 is 16.0 Å². The predicted molar refractivity (Wildman–Crippen MR) is 77.0 cm³/mol. The van der Waals surface area contributed by atoms with Crippen LogP contribution in [-0.2, 0) is 14.8 Å². The van der Waals surface area contributed by atoms with E-state index in [9.17, 15) is 13.2 Å². The number of nitriles is 1. The van der Waals surface area contributed by atoms with Crippen molar-refractivity contribution in [1.82, 2.24) is 4.72 Å². The van der Waals surface area contributed by atoms with Crippen LogP contribution in [0.25, 0.3) is 0 Å². The summed E-state index contributed by atoms with van der Waals surface area (Å²) in [7, 11) is -3.85. The van der Waals surface area contributed by atoms with Crippen LogP contribution in [0, 0.1) is 30.1 Å². The van der Waals surface area contributed by atoms with Gasteiger partial charge in [0.25, 0.3) is 0 Å². The molecule has 7 heteroatoms. The molecule has 0 amide bonds. The third kappa shape index (κ3) is 4.28. The fourth-order valence-corrected chi connectivity index (χ4v) is 3.17. The van der Waals surface area contributed by atoms with Crippen molar-refractivity contribution in [3.8, 4) is 6.07 Å². The van der Waals surface area contributed by atoms with Gasteiger partial charge in [0, 0.05) is 6.54 Å². The molecule has 0 aromatic heterocycles. The number of carboxylic acids is 1. The van der Waals surface area contributed by atoms with Crippen LogP contribution in [0.2, 0.25) is 0 Å². The number of hydrogen-bond acceptors (Lipinski definition) is 4. The molecule has 0 bridgehead atoms. The Kier molecular flexibility index (Phi) is 5.47. The number of nitrogens with one attached hydrogen (secondary N) is 1. The van der Waals surface area contributed by atoms with E-state index in [1.807, 2.05) is 6.07 Å². The molecule has 1 aromatic carbocycles. The van der Waals surface area contributed by atoms with Gasteiger partial charge in [-0.15, -0.1) is 0 Å². The van der Waals surface area contributed by atoms with Crippen LogP contribution < -0.4 is 4.72 Å². The fraction of sp³-hybridized carbons (Fsp3) is 0.429. The normalized spacial score (nSPS) is 12.9. The molecule has 0 saturated heterocycles. The lowest BCUT2D eigenvalue weighted by Gasteiger charge is -2.17. The summed E-state index contributed by atoms with van der Waals surface area (Å²) < 4.78 is 26.8. The number of rotatable bonds is 6. The van der Waals surface area contributed by atoms with Gasteiger partial charge in [-0.3, -0.25) is 4.79 Å². The monoisotopic (exact) mass is 310 g/mol. The molecule has 0 aliphatic carbocycles.